The van der Waals surface area contributed by atoms with Crippen LogP contribution in [0.25, 0.3) is 11.0 Å². The lowest BCUT2D eigenvalue weighted by Crippen LogP contribution is -2.05. The van der Waals surface area contributed by atoms with E-state index >= 15 is 0 Å². The number of aliphatic hydroxyl groups excluding tert-OH is 1. The van der Waals surface area contributed by atoms with Crippen LogP contribution in [0.4, 0.5) is 5.69 Å². The van der Waals surface area contributed by atoms with Gasteiger partial charge in [-0.3, -0.25) is 9.97 Å². The van der Waals surface area contributed by atoms with Crippen molar-refractivity contribution >= 4 is 16.7 Å². The molecule has 2 aromatic rings. The fourth-order valence-corrected chi connectivity index (χ4v) is 1.41. The van der Waals surface area contributed by atoms with Crippen LogP contribution in [-0.4, -0.2) is 28.2 Å². The normalized spacial score (nSPS) is 10.5. The van der Waals surface area contributed by atoms with Crippen LogP contribution in [-0.2, 0) is 0 Å². The molecule has 0 radical (unpaired) electrons. The minimum atomic E-state index is 0.110. The fraction of sp³-hybridized carbons (Fsp3) is 0.273. The number of fused-ring (bicyclic) bond motifs is 1. The largest absolute Gasteiger partial charge is 0.395 e. The van der Waals surface area contributed by atoms with Gasteiger partial charge in [-0.2, -0.15) is 0 Å². The Kier molecular flexibility index (Phi) is 2.78. The second kappa shape index (κ2) is 4.23. The number of hydrogen-bond acceptors (Lipinski definition) is 4. The van der Waals surface area contributed by atoms with Crippen LogP contribution in [0.1, 0.15) is 5.69 Å². The highest BCUT2D eigenvalue weighted by atomic mass is 16.3. The molecule has 15 heavy (non-hydrogen) atoms. The van der Waals surface area contributed by atoms with Gasteiger partial charge in [-0.1, -0.05) is 0 Å². The zero-order valence-electron chi connectivity index (χ0n) is 8.57. The fourth-order valence-electron chi connectivity index (χ4n) is 1.41. The third-order valence-corrected chi connectivity index (χ3v) is 2.12. The Morgan fingerprint density at radius 3 is 3.00 bits per heavy atom. The maximum Gasteiger partial charge on any atom is 0.0910 e. The molecule has 0 fully saturated rings. The van der Waals surface area contributed by atoms with Crippen molar-refractivity contribution in [3.63, 3.8) is 0 Å². The quantitative estimate of drug-likeness (QED) is 0.790. The van der Waals surface area contributed by atoms with Gasteiger partial charge < -0.3 is 10.4 Å². The highest BCUT2D eigenvalue weighted by Gasteiger charge is 1.98. The molecule has 0 atom stereocenters. The lowest BCUT2D eigenvalue weighted by molar-refractivity contribution is 0.311. The van der Waals surface area contributed by atoms with Gasteiger partial charge in [0.2, 0.25) is 0 Å². The number of nitrogens with one attached hydrogen (secondary N) is 1. The molecule has 0 saturated carbocycles. The van der Waals surface area contributed by atoms with E-state index in [2.05, 4.69) is 15.3 Å². The van der Waals surface area contributed by atoms with E-state index in [1.54, 1.807) is 6.20 Å². The van der Waals surface area contributed by atoms with Crippen molar-refractivity contribution in [2.24, 2.45) is 0 Å². The molecule has 78 valence electrons. The van der Waals surface area contributed by atoms with Crippen LogP contribution >= 0.6 is 0 Å². The minimum Gasteiger partial charge on any atom is -0.395 e. The number of rotatable bonds is 3. The summed E-state index contributed by atoms with van der Waals surface area (Å²) in [4.78, 5) is 8.65. The summed E-state index contributed by atoms with van der Waals surface area (Å²) in [6, 6.07) is 5.83. The Morgan fingerprint density at radius 1 is 1.33 bits per heavy atom. The van der Waals surface area contributed by atoms with Gasteiger partial charge in [-0.05, 0) is 25.1 Å². The molecule has 0 aromatic carbocycles. The molecule has 2 rings (SSSR count). The smallest absolute Gasteiger partial charge is 0.0910 e. The van der Waals surface area contributed by atoms with Gasteiger partial charge in [0.1, 0.15) is 0 Å². The monoisotopic (exact) mass is 203 g/mol. The minimum absolute atomic E-state index is 0.110. The van der Waals surface area contributed by atoms with E-state index in [0.717, 1.165) is 22.4 Å². The van der Waals surface area contributed by atoms with Crippen LogP contribution in [0.2, 0.25) is 0 Å². The summed E-state index contributed by atoms with van der Waals surface area (Å²) in [7, 11) is 0. The van der Waals surface area contributed by atoms with E-state index < -0.39 is 0 Å². The second-order valence-corrected chi connectivity index (χ2v) is 3.37. The van der Waals surface area contributed by atoms with Crippen molar-refractivity contribution in [2.45, 2.75) is 6.92 Å². The van der Waals surface area contributed by atoms with Crippen molar-refractivity contribution in [3.8, 4) is 0 Å². The highest BCUT2D eigenvalue weighted by Crippen LogP contribution is 2.14. The molecule has 2 aromatic heterocycles. The summed E-state index contributed by atoms with van der Waals surface area (Å²) in [6.07, 6.45) is 1.75. The van der Waals surface area contributed by atoms with Crippen LogP contribution < -0.4 is 5.32 Å². The Hall–Kier alpha value is -1.68. The molecule has 2 heterocycles. The topological polar surface area (TPSA) is 58.0 Å². The molecule has 0 aliphatic rings. The van der Waals surface area contributed by atoms with E-state index in [-0.39, 0.29) is 6.61 Å². The molecule has 0 aliphatic heterocycles. The van der Waals surface area contributed by atoms with Crippen molar-refractivity contribution in [3.05, 3.63) is 30.1 Å². The maximum absolute atomic E-state index is 8.69. The zero-order chi connectivity index (χ0) is 10.7. The Labute approximate surface area is 88.0 Å². The summed E-state index contributed by atoms with van der Waals surface area (Å²) in [5, 5.41) is 11.7. The van der Waals surface area contributed by atoms with Crippen LogP contribution in [0, 0.1) is 6.92 Å². The number of anilines is 1. The van der Waals surface area contributed by atoms with E-state index in [0.29, 0.717) is 6.54 Å². The highest BCUT2D eigenvalue weighted by molar-refractivity contribution is 5.77. The second-order valence-electron chi connectivity index (χ2n) is 3.37. The molecule has 0 aliphatic carbocycles. The molecule has 4 heteroatoms. The first-order valence-corrected chi connectivity index (χ1v) is 4.88. The Balaban J connectivity index is 2.36. The average Bonchev–Trinajstić information content (AvgIpc) is 2.25. The summed E-state index contributed by atoms with van der Waals surface area (Å²) in [5.41, 5.74) is 3.62. The third kappa shape index (κ3) is 2.22. The van der Waals surface area contributed by atoms with E-state index in [1.807, 2.05) is 25.1 Å². The predicted octanol–water partition coefficient (Wildman–Crippen LogP) is 1.34. The SMILES string of the molecule is Cc1ccc2ncc(NCCO)cc2n1. The van der Waals surface area contributed by atoms with Gasteiger partial charge in [-0.25, -0.2) is 0 Å². The van der Waals surface area contributed by atoms with E-state index in [1.165, 1.54) is 0 Å². The summed E-state index contributed by atoms with van der Waals surface area (Å²) in [6.45, 7) is 2.59. The number of aromatic nitrogens is 2. The maximum atomic E-state index is 8.69. The molecule has 0 saturated heterocycles. The Morgan fingerprint density at radius 2 is 2.20 bits per heavy atom. The van der Waals surface area contributed by atoms with Crippen LogP contribution in [0.15, 0.2) is 24.4 Å². The molecule has 4 nitrogen and oxygen atoms in total. The van der Waals surface area contributed by atoms with Crippen molar-refractivity contribution in [2.75, 3.05) is 18.5 Å². The van der Waals surface area contributed by atoms with Crippen molar-refractivity contribution in [1.82, 2.24) is 9.97 Å². The first-order chi connectivity index (χ1) is 7.29. The summed E-state index contributed by atoms with van der Waals surface area (Å²) < 4.78 is 0. The molecule has 0 unspecified atom stereocenters. The lowest BCUT2D eigenvalue weighted by atomic mass is 10.2. The predicted molar refractivity (Wildman–Crippen MR) is 59.9 cm³/mol. The lowest BCUT2D eigenvalue weighted by Gasteiger charge is -2.04. The number of aliphatic hydroxyl groups is 1. The molecular weight excluding hydrogens is 190 g/mol. The van der Waals surface area contributed by atoms with Gasteiger partial charge in [0.25, 0.3) is 0 Å². The van der Waals surface area contributed by atoms with Gasteiger partial charge in [0.15, 0.2) is 0 Å². The zero-order valence-corrected chi connectivity index (χ0v) is 8.57. The first-order valence-electron chi connectivity index (χ1n) is 4.88. The van der Waals surface area contributed by atoms with E-state index in [9.17, 15) is 0 Å². The average molecular weight is 203 g/mol. The molecule has 0 amide bonds. The van der Waals surface area contributed by atoms with Gasteiger partial charge in [-0.15, -0.1) is 0 Å². The van der Waals surface area contributed by atoms with Gasteiger partial charge in [0.05, 0.1) is 29.5 Å². The number of nitrogens with zero attached hydrogens (tertiary/aromatic N) is 2. The van der Waals surface area contributed by atoms with Gasteiger partial charge in [0, 0.05) is 12.2 Å². The molecular formula is C11H13N3O. The Bertz CT molecular complexity index is 470. The molecule has 2 N–H and O–H groups in total. The number of aryl methyl sites for hydroxylation is 1. The number of hydrogen-bond donors (Lipinski definition) is 2. The number of pyridine rings is 2. The van der Waals surface area contributed by atoms with E-state index in [4.69, 9.17) is 5.11 Å². The first kappa shape index (κ1) is 9.86. The molecule has 0 bridgehead atoms. The van der Waals surface area contributed by atoms with Crippen LogP contribution in [0.3, 0.4) is 0 Å². The molecule has 0 spiro atoms. The van der Waals surface area contributed by atoms with Gasteiger partial charge >= 0.3 is 0 Å². The third-order valence-electron chi connectivity index (χ3n) is 2.12. The van der Waals surface area contributed by atoms with Crippen LogP contribution in [0.5, 0.6) is 0 Å². The standard InChI is InChI=1S/C11H13N3O/c1-8-2-3-10-11(14-8)6-9(7-13-10)12-4-5-15/h2-3,6-7,12,15H,4-5H2,1H3. The van der Waals surface area contributed by atoms with Crippen molar-refractivity contribution < 1.29 is 5.11 Å². The van der Waals surface area contributed by atoms with Crippen molar-refractivity contribution in [1.29, 1.82) is 0 Å². The summed E-state index contributed by atoms with van der Waals surface area (Å²) in [5.74, 6) is 0. The summed E-state index contributed by atoms with van der Waals surface area (Å²) >= 11 is 0.